The molecule has 0 amide bonds. The minimum Gasteiger partial charge on any atom is -0.373 e. The minimum atomic E-state index is 0.877. The maximum Gasteiger partial charge on any atom is 0.126 e. The lowest BCUT2D eigenvalue weighted by atomic mass is 10.1. The molecule has 0 bridgehead atoms. The fraction of sp³-hybridized carbons (Fsp3) is 0.167. The Morgan fingerprint density at radius 3 is 2.33 bits per heavy atom. The molecule has 3 nitrogen and oxygen atoms in total. The van der Waals surface area contributed by atoms with Gasteiger partial charge in [-0.2, -0.15) is 0 Å². The van der Waals surface area contributed by atoms with Gasteiger partial charge in [0.25, 0.3) is 0 Å². The van der Waals surface area contributed by atoms with E-state index in [9.17, 15) is 0 Å². The molecule has 0 aliphatic heterocycles. The van der Waals surface area contributed by atoms with Gasteiger partial charge in [-0.05, 0) is 42.3 Å². The van der Waals surface area contributed by atoms with Gasteiger partial charge in [0.1, 0.15) is 5.82 Å². The maximum absolute atomic E-state index is 4.18. The van der Waals surface area contributed by atoms with Gasteiger partial charge in [-0.25, -0.2) is 4.98 Å². The molecule has 2 aromatic rings. The first-order chi connectivity index (χ1) is 7.29. The Hall–Kier alpha value is -1.90. The van der Waals surface area contributed by atoms with Gasteiger partial charge in [-0.15, -0.1) is 0 Å². The van der Waals surface area contributed by atoms with Crippen LogP contribution in [0.5, 0.6) is 0 Å². The predicted molar refractivity (Wildman–Crippen MR) is 61.8 cm³/mol. The largest absolute Gasteiger partial charge is 0.373 e. The lowest BCUT2D eigenvalue weighted by Gasteiger charge is -2.04. The second kappa shape index (κ2) is 4.09. The lowest BCUT2D eigenvalue weighted by Crippen LogP contribution is -1.92. The second-order valence-electron chi connectivity index (χ2n) is 3.37. The molecule has 1 N–H and O–H groups in total. The van der Waals surface area contributed by atoms with E-state index < -0.39 is 0 Å². The average molecular weight is 199 g/mol. The zero-order chi connectivity index (χ0) is 10.7. The van der Waals surface area contributed by atoms with Crippen molar-refractivity contribution in [3.8, 4) is 11.1 Å². The zero-order valence-corrected chi connectivity index (χ0v) is 8.86. The van der Waals surface area contributed by atoms with Crippen LogP contribution in [0.1, 0.15) is 5.69 Å². The molecular formula is C12H13N3. The van der Waals surface area contributed by atoms with Crippen LogP contribution in [-0.2, 0) is 0 Å². The summed E-state index contributed by atoms with van der Waals surface area (Å²) in [6.07, 6.45) is 3.63. The molecule has 0 aromatic carbocycles. The van der Waals surface area contributed by atoms with Crippen molar-refractivity contribution in [2.45, 2.75) is 6.92 Å². The van der Waals surface area contributed by atoms with Crippen molar-refractivity contribution >= 4 is 5.82 Å². The van der Waals surface area contributed by atoms with Crippen molar-refractivity contribution in [1.29, 1.82) is 0 Å². The van der Waals surface area contributed by atoms with E-state index in [4.69, 9.17) is 0 Å². The molecule has 3 heteroatoms. The normalized spacial score (nSPS) is 10.0. The number of pyridine rings is 2. The monoisotopic (exact) mass is 199 g/mol. The van der Waals surface area contributed by atoms with E-state index in [2.05, 4.69) is 21.4 Å². The summed E-state index contributed by atoms with van der Waals surface area (Å²) < 4.78 is 0. The van der Waals surface area contributed by atoms with Crippen molar-refractivity contribution in [1.82, 2.24) is 9.97 Å². The first-order valence-electron chi connectivity index (χ1n) is 4.86. The molecule has 0 unspecified atom stereocenters. The Kier molecular flexibility index (Phi) is 2.63. The van der Waals surface area contributed by atoms with E-state index in [1.807, 2.05) is 38.4 Å². The SMILES string of the molecule is CNc1cc(-c2ccnc(C)c2)ccn1. The fourth-order valence-electron chi connectivity index (χ4n) is 1.47. The van der Waals surface area contributed by atoms with Crippen molar-refractivity contribution in [2.24, 2.45) is 0 Å². The van der Waals surface area contributed by atoms with Crippen LogP contribution >= 0.6 is 0 Å². The Morgan fingerprint density at radius 1 is 1.00 bits per heavy atom. The maximum atomic E-state index is 4.18. The summed E-state index contributed by atoms with van der Waals surface area (Å²) in [6, 6.07) is 8.08. The molecule has 2 rings (SSSR count). The number of hydrogen-bond acceptors (Lipinski definition) is 3. The standard InChI is InChI=1S/C12H13N3/c1-9-7-10(3-5-14-9)11-4-6-15-12(8-11)13-2/h3-8H,1-2H3,(H,13,15). The molecular weight excluding hydrogens is 186 g/mol. The summed E-state index contributed by atoms with van der Waals surface area (Å²) in [4.78, 5) is 8.36. The molecule has 2 heterocycles. The van der Waals surface area contributed by atoms with E-state index in [0.717, 1.165) is 17.1 Å². The van der Waals surface area contributed by atoms with E-state index in [1.54, 1.807) is 6.20 Å². The Morgan fingerprint density at radius 2 is 1.67 bits per heavy atom. The van der Waals surface area contributed by atoms with Crippen LogP contribution in [-0.4, -0.2) is 17.0 Å². The number of aromatic nitrogens is 2. The molecule has 0 radical (unpaired) electrons. The third-order valence-electron chi connectivity index (χ3n) is 2.25. The average Bonchev–Trinajstić information content (AvgIpc) is 2.29. The number of nitrogens with one attached hydrogen (secondary N) is 1. The molecule has 0 spiro atoms. The van der Waals surface area contributed by atoms with Crippen LogP contribution in [0.4, 0.5) is 5.82 Å². The van der Waals surface area contributed by atoms with Gasteiger partial charge in [0, 0.05) is 25.1 Å². The third kappa shape index (κ3) is 2.13. The van der Waals surface area contributed by atoms with E-state index in [1.165, 1.54) is 5.56 Å². The molecule has 0 saturated carbocycles. The van der Waals surface area contributed by atoms with E-state index in [-0.39, 0.29) is 0 Å². The summed E-state index contributed by atoms with van der Waals surface area (Å²) in [5, 5.41) is 3.02. The number of rotatable bonds is 2. The Bertz CT molecular complexity index is 466. The zero-order valence-electron chi connectivity index (χ0n) is 8.86. The van der Waals surface area contributed by atoms with Gasteiger partial charge in [-0.3, -0.25) is 4.98 Å². The van der Waals surface area contributed by atoms with Crippen LogP contribution < -0.4 is 5.32 Å². The number of nitrogens with zero attached hydrogens (tertiary/aromatic N) is 2. The molecule has 0 aliphatic carbocycles. The molecule has 0 atom stereocenters. The number of anilines is 1. The van der Waals surface area contributed by atoms with Crippen molar-refractivity contribution < 1.29 is 0 Å². The minimum absolute atomic E-state index is 0.877. The molecule has 0 aliphatic rings. The summed E-state index contributed by atoms with van der Waals surface area (Å²) in [5.74, 6) is 0.877. The van der Waals surface area contributed by atoms with Gasteiger partial charge >= 0.3 is 0 Å². The van der Waals surface area contributed by atoms with Gasteiger partial charge in [-0.1, -0.05) is 0 Å². The van der Waals surface area contributed by atoms with Crippen LogP contribution in [0, 0.1) is 6.92 Å². The highest BCUT2D eigenvalue weighted by molar-refractivity contribution is 5.66. The Labute approximate surface area is 89.2 Å². The lowest BCUT2D eigenvalue weighted by molar-refractivity contribution is 1.20. The summed E-state index contributed by atoms with van der Waals surface area (Å²) in [6.45, 7) is 1.99. The van der Waals surface area contributed by atoms with Crippen LogP contribution in [0.25, 0.3) is 11.1 Å². The highest BCUT2D eigenvalue weighted by Crippen LogP contribution is 2.20. The highest BCUT2D eigenvalue weighted by atomic mass is 14.9. The summed E-state index contributed by atoms with van der Waals surface area (Å²) in [5.41, 5.74) is 3.34. The molecule has 0 saturated heterocycles. The molecule has 76 valence electrons. The summed E-state index contributed by atoms with van der Waals surface area (Å²) in [7, 11) is 1.86. The van der Waals surface area contributed by atoms with E-state index >= 15 is 0 Å². The molecule has 0 fully saturated rings. The van der Waals surface area contributed by atoms with Crippen LogP contribution in [0.15, 0.2) is 36.7 Å². The van der Waals surface area contributed by atoms with Gasteiger partial charge in [0.15, 0.2) is 0 Å². The van der Waals surface area contributed by atoms with Crippen molar-refractivity contribution in [3.05, 3.63) is 42.4 Å². The summed E-state index contributed by atoms with van der Waals surface area (Å²) >= 11 is 0. The molecule has 2 aromatic heterocycles. The van der Waals surface area contributed by atoms with Crippen molar-refractivity contribution in [2.75, 3.05) is 12.4 Å². The highest BCUT2D eigenvalue weighted by Gasteiger charge is 1.99. The van der Waals surface area contributed by atoms with Gasteiger partial charge in [0.05, 0.1) is 0 Å². The van der Waals surface area contributed by atoms with Crippen LogP contribution in [0.3, 0.4) is 0 Å². The molecule has 15 heavy (non-hydrogen) atoms. The first kappa shape index (κ1) is 9.65. The smallest absolute Gasteiger partial charge is 0.126 e. The number of hydrogen-bond donors (Lipinski definition) is 1. The topological polar surface area (TPSA) is 37.8 Å². The first-order valence-corrected chi connectivity index (χ1v) is 4.86. The predicted octanol–water partition coefficient (Wildman–Crippen LogP) is 2.49. The van der Waals surface area contributed by atoms with Gasteiger partial charge < -0.3 is 5.32 Å². The van der Waals surface area contributed by atoms with E-state index in [0.29, 0.717) is 0 Å². The Balaban J connectivity index is 2.44. The van der Waals surface area contributed by atoms with Crippen LogP contribution in [0.2, 0.25) is 0 Å². The third-order valence-corrected chi connectivity index (χ3v) is 2.25. The number of aryl methyl sites for hydroxylation is 1. The fourth-order valence-corrected chi connectivity index (χ4v) is 1.47. The van der Waals surface area contributed by atoms with Gasteiger partial charge in [0.2, 0.25) is 0 Å². The van der Waals surface area contributed by atoms with Crippen molar-refractivity contribution in [3.63, 3.8) is 0 Å². The second-order valence-corrected chi connectivity index (χ2v) is 3.37. The quantitative estimate of drug-likeness (QED) is 0.807.